The van der Waals surface area contributed by atoms with Crippen molar-refractivity contribution in [1.82, 2.24) is 15.2 Å². The van der Waals surface area contributed by atoms with Crippen molar-refractivity contribution in [3.8, 4) is 0 Å². The number of carbonyl (C=O) groups excluding carboxylic acids is 2. The first-order chi connectivity index (χ1) is 9.20. The smallest absolute Gasteiger partial charge is 0.248 e. The maximum atomic E-state index is 12.7. The number of nitrogens with one attached hydrogen (secondary N) is 1. The molecule has 2 fully saturated rings. The lowest BCUT2D eigenvalue weighted by Gasteiger charge is -2.31. The van der Waals surface area contributed by atoms with Crippen LogP contribution in [0.15, 0.2) is 11.7 Å². The highest BCUT2D eigenvalue weighted by molar-refractivity contribution is 7.09. The van der Waals surface area contributed by atoms with Crippen molar-refractivity contribution >= 4 is 23.2 Å². The number of amides is 2. The largest absolute Gasteiger partial charge is 0.342 e. The van der Waals surface area contributed by atoms with Crippen LogP contribution in [0.3, 0.4) is 0 Å². The topological polar surface area (TPSA) is 62.3 Å². The van der Waals surface area contributed by atoms with Crippen molar-refractivity contribution in [2.45, 2.75) is 44.2 Å². The molecule has 1 aliphatic heterocycles. The Labute approximate surface area is 116 Å². The van der Waals surface area contributed by atoms with Crippen LogP contribution in [-0.4, -0.2) is 33.8 Å². The van der Waals surface area contributed by atoms with Crippen LogP contribution in [0, 0.1) is 0 Å². The van der Waals surface area contributed by atoms with E-state index in [4.69, 9.17) is 0 Å². The van der Waals surface area contributed by atoms with Crippen molar-refractivity contribution < 1.29 is 9.59 Å². The monoisotopic (exact) mass is 279 g/mol. The summed E-state index contributed by atoms with van der Waals surface area (Å²) in [6, 6.07) is 0. The summed E-state index contributed by atoms with van der Waals surface area (Å²) in [5.41, 5.74) is 1.14. The van der Waals surface area contributed by atoms with E-state index < -0.39 is 5.54 Å². The number of aromatic nitrogens is 1. The second-order valence-electron chi connectivity index (χ2n) is 5.28. The Morgan fingerprint density at radius 2 is 2.16 bits per heavy atom. The number of hydrogen-bond acceptors (Lipinski definition) is 4. The maximum absolute atomic E-state index is 12.7. The molecular formula is C13H17N3O2S. The third kappa shape index (κ3) is 2.36. The van der Waals surface area contributed by atoms with E-state index in [0.717, 1.165) is 30.6 Å². The van der Waals surface area contributed by atoms with Gasteiger partial charge in [-0.2, -0.15) is 0 Å². The Kier molecular flexibility index (Phi) is 3.26. The Hall–Kier alpha value is -1.43. The molecule has 2 aliphatic rings. The molecule has 2 heterocycles. The summed E-state index contributed by atoms with van der Waals surface area (Å²) < 4.78 is 0. The van der Waals surface area contributed by atoms with Crippen molar-refractivity contribution in [2.75, 3.05) is 6.54 Å². The summed E-state index contributed by atoms with van der Waals surface area (Å²) >= 11 is 1.55. The zero-order valence-corrected chi connectivity index (χ0v) is 11.5. The quantitative estimate of drug-likeness (QED) is 0.887. The van der Waals surface area contributed by atoms with Gasteiger partial charge in [0.1, 0.15) is 5.54 Å². The van der Waals surface area contributed by atoms with Gasteiger partial charge in [-0.25, -0.2) is 0 Å². The minimum atomic E-state index is -0.627. The molecule has 1 aromatic heterocycles. The van der Waals surface area contributed by atoms with Crippen LogP contribution in [0.2, 0.25) is 0 Å². The molecule has 1 spiro atoms. The zero-order valence-electron chi connectivity index (χ0n) is 10.7. The van der Waals surface area contributed by atoms with Gasteiger partial charge in [-0.1, -0.05) is 12.8 Å². The van der Waals surface area contributed by atoms with Gasteiger partial charge in [0.15, 0.2) is 0 Å². The van der Waals surface area contributed by atoms with Crippen LogP contribution in [0.4, 0.5) is 0 Å². The highest BCUT2D eigenvalue weighted by atomic mass is 32.1. The fraction of sp³-hybridized carbons (Fsp3) is 0.615. The molecule has 1 saturated heterocycles. The Bertz CT molecular complexity index is 480. The lowest BCUT2D eigenvalue weighted by molar-refractivity contribution is -0.139. The van der Waals surface area contributed by atoms with Crippen LogP contribution in [0.1, 0.15) is 37.0 Å². The predicted molar refractivity (Wildman–Crippen MR) is 71.5 cm³/mol. The summed E-state index contributed by atoms with van der Waals surface area (Å²) in [5.74, 6) is 0.0892. The van der Waals surface area contributed by atoms with Crippen LogP contribution in [0.5, 0.6) is 0 Å². The second kappa shape index (κ2) is 4.92. The molecule has 5 nitrogen and oxygen atoms in total. The SMILES string of the molecule is O=C1CCN(Cc2cncs2)C(=O)C2(CCCC2)N1. The van der Waals surface area contributed by atoms with Gasteiger partial charge < -0.3 is 10.2 Å². The molecule has 0 atom stereocenters. The molecule has 19 heavy (non-hydrogen) atoms. The summed E-state index contributed by atoms with van der Waals surface area (Å²) in [5, 5.41) is 2.97. The zero-order chi connectivity index (χ0) is 13.3. The Balaban J connectivity index is 1.83. The molecule has 102 valence electrons. The molecule has 0 unspecified atom stereocenters. The average molecular weight is 279 g/mol. The molecule has 6 heteroatoms. The summed E-state index contributed by atoms with van der Waals surface area (Å²) in [4.78, 5) is 31.5. The van der Waals surface area contributed by atoms with Crippen molar-refractivity contribution in [1.29, 1.82) is 0 Å². The molecular weight excluding hydrogens is 262 g/mol. The molecule has 0 aromatic carbocycles. The van der Waals surface area contributed by atoms with Gasteiger partial charge >= 0.3 is 0 Å². The molecule has 0 bridgehead atoms. The van der Waals surface area contributed by atoms with E-state index >= 15 is 0 Å². The van der Waals surface area contributed by atoms with Crippen molar-refractivity contribution in [2.24, 2.45) is 0 Å². The van der Waals surface area contributed by atoms with E-state index in [1.807, 2.05) is 4.90 Å². The third-order valence-corrected chi connectivity index (χ3v) is 4.74. The molecule has 0 radical (unpaired) electrons. The van der Waals surface area contributed by atoms with Crippen LogP contribution in [0.25, 0.3) is 0 Å². The molecule has 3 rings (SSSR count). The van der Waals surface area contributed by atoms with Crippen molar-refractivity contribution in [3.63, 3.8) is 0 Å². The molecule has 1 N–H and O–H groups in total. The van der Waals surface area contributed by atoms with Crippen LogP contribution < -0.4 is 5.32 Å². The standard InChI is InChI=1S/C13H17N3O2S/c17-11-3-6-16(8-10-7-14-9-19-10)12(18)13(15-11)4-1-2-5-13/h7,9H,1-6,8H2,(H,15,17). The fourth-order valence-electron chi connectivity index (χ4n) is 3.00. The first kappa shape index (κ1) is 12.6. The van der Waals surface area contributed by atoms with Gasteiger partial charge in [-0.05, 0) is 12.8 Å². The van der Waals surface area contributed by atoms with Gasteiger partial charge in [0.25, 0.3) is 0 Å². The number of rotatable bonds is 2. The van der Waals surface area contributed by atoms with E-state index in [1.165, 1.54) is 0 Å². The van der Waals surface area contributed by atoms with Crippen LogP contribution >= 0.6 is 11.3 Å². The lowest BCUT2D eigenvalue weighted by atomic mass is 9.96. The van der Waals surface area contributed by atoms with E-state index in [-0.39, 0.29) is 11.8 Å². The number of nitrogens with zero attached hydrogens (tertiary/aromatic N) is 2. The molecule has 1 saturated carbocycles. The molecule has 2 amide bonds. The van der Waals surface area contributed by atoms with Gasteiger partial charge in [-0.3, -0.25) is 14.6 Å². The summed E-state index contributed by atoms with van der Waals surface area (Å²) in [6.45, 7) is 1.07. The number of thiazole rings is 1. The van der Waals surface area contributed by atoms with E-state index in [0.29, 0.717) is 19.5 Å². The maximum Gasteiger partial charge on any atom is 0.248 e. The van der Waals surface area contributed by atoms with E-state index in [2.05, 4.69) is 10.3 Å². The van der Waals surface area contributed by atoms with Gasteiger partial charge in [0.05, 0.1) is 12.1 Å². The predicted octanol–water partition coefficient (Wildman–Crippen LogP) is 1.30. The van der Waals surface area contributed by atoms with Gasteiger partial charge in [-0.15, -0.1) is 11.3 Å². The summed E-state index contributed by atoms with van der Waals surface area (Å²) in [7, 11) is 0. The number of carbonyl (C=O) groups is 2. The van der Waals surface area contributed by atoms with Gasteiger partial charge in [0, 0.05) is 24.0 Å². The average Bonchev–Trinajstić information content (AvgIpc) is 3.03. The number of hydrogen-bond donors (Lipinski definition) is 1. The first-order valence-corrected chi connectivity index (χ1v) is 7.55. The van der Waals surface area contributed by atoms with E-state index in [9.17, 15) is 9.59 Å². The summed E-state index contributed by atoms with van der Waals surface area (Å²) in [6.07, 6.45) is 5.76. The Morgan fingerprint density at radius 3 is 2.84 bits per heavy atom. The third-order valence-electron chi connectivity index (χ3n) is 3.97. The lowest BCUT2D eigenvalue weighted by Crippen LogP contribution is -2.55. The highest BCUT2D eigenvalue weighted by Gasteiger charge is 2.46. The highest BCUT2D eigenvalue weighted by Crippen LogP contribution is 2.33. The second-order valence-corrected chi connectivity index (χ2v) is 6.25. The first-order valence-electron chi connectivity index (χ1n) is 6.67. The van der Waals surface area contributed by atoms with Crippen LogP contribution in [-0.2, 0) is 16.1 Å². The fourth-order valence-corrected chi connectivity index (χ4v) is 3.61. The normalized spacial score (nSPS) is 22.6. The minimum Gasteiger partial charge on any atom is -0.342 e. The van der Waals surface area contributed by atoms with E-state index in [1.54, 1.807) is 23.0 Å². The van der Waals surface area contributed by atoms with Crippen molar-refractivity contribution in [3.05, 3.63) is 16.6 Å². The minimum absolute atomic E-state index is 0.00190. The van der Waals surface area contributed by atoms with Gasteiger partial charge in [0.2, 0.25) is 11.8 Å². The Morgan fingerprint density at radius 1 is 1.37 bits per heavy atom. The molecule has 1 aromatic rings. The molecule has 1 aliphatic carbocycles.